The molecule has 6 heteroatoms. The molecule has 2 atom stereocenters. The minimum atomic E-state index is -0.970. The van der Waals surface area contributed by atoms with E-state index in [2.05, 4.69) is 5.32 Å². The van der Waals surface area contributed by atoms with Crippen LogP contribution in [-0.2, 0) is 9.59 Å². The van der Waals surface area contributed by atoms with Crippen molar-refractivity contribution >= 4 is 29.2 Å². The number of amides is 1. The second kappa shape index (κ2) is 4.33. The van der Waals surface area contributed by atoms with Gasteiger partial charge in [0.2, 0.25) is 5.91 Å². The Bertz CT molecular complexity index is 492. The fraction of sp³-hybridized carbons (Fsp3) is 0.273. The molecular weight excluding hydrogens is 249 g/mol. The standard InChI is InChI=1S/C11H9ClFNO3/c12-8-3-5(1-2-9(8)13)14-10(15)6-4-7(6)11(16)17/h1-3,6-7H,4H2,(H,14,15)(H,16,17). The number of anilines is 1. The molecule has 0 saturated heterocycles. The van der Waals surface area contributed by atoms with Crippen molar-refractivity contribution in [2.75, 3.05) is 5.32 Å². The van der Waals surface area contributed by atoms with Crippen molar-refractivity contribution in [1.82, 2.24) is 0 Å². The van der Waals surface area contributed by atoms with E-state index >= 15 is 0 Å². The number of carboxylic acids is 1. The van der Waals surface area contributed by atoms with Crippen LogP contribution in [0.5, 0.6) is 0 Å². The normalized spacial score (nSPS) is 22.0. The molecule has 0 radical (unpaired) electrons. The first-order valence-electron chi connectivity index (χ1n) is 4.98. The first-order valence-corrected chi connectivity index (χ1v) is 5.35. The molecule has 1 aromatic carbocycles. The Labute approximate surface area is 101 Å². The summed E-state index contributed by atoms with van der Waals surface area (Å²) in [6.45, 7) is 0. The number of benzene rings is 1. The van der Waals surface area contributed by atoms with Crippen LogP contribution >= 0.6 is 11.6 Å². The Morgan fingerprint density at radius 1 is 1.41 bits per heavy atom. The number of carboxylic acid groups (broad SMARTS) is 1. The molecule has 0 heterocycles. The monoisotopic (exact) mass is 257 g/mol. The lowest BCUT2D eigenvalue weighted by molar-refractivity contribution is -0.139. The minimum Gasteiger partial charge on any atom is -0.481 e. The fourth-order valence-corrected chi connectivity index (χ4v) is 1.75. The average Bonchev–Trinajstić information content (AvgIpc) is 3.03. The predicted octanol–water partition coefficient (Wildman–Crippen LogP) is 2.14. The van der Waals surface area contributed by atoms with Crippen molar-refractivity contribution in [3.05, 3.63) is 29.0 Å². The number of carbonyl (C=O) groups is 2. The van der Waals surface area contributed by atoms with Crippen LogP contribution in [0.1, 0.15) is 6.42 Å². The van der Waals surface area contributed by atoms with Gasteiger partial charge in [-0.15, -0.1) is 0 Å². The van der Waals surface area contributed by atoms with Gasteiger partial charge in [0.25, 0.3) is 0 Å². The number of carbonyl (C=O) groups excluding carboxylic acids is 1. The molecule has 1 aliphatic rings. The Morgan fingerprint density at radius 2 is 2.12 bits per heavy atom. The Morgan fingerprint density at radius 3 is 2.65 bits per heavy atom. The van der Waals surface area contributed by atoms with E-state index in [0.29, 0.717) is 12.1 Å². The topological polar surface area (TPSA) is 66.4 Å². The van der Waals surface area contributed by atoms with Crippen molar-refractivity contribution in [3.8, 4) is 0 Å². The molecule has 17 heavy (non-hydrogen) atoms. The molecule has 1 aliphatic carbocycles. The Kier molecular flexibility index (Phi) is 3.02. The van der Waals surface area contributed by atoms with E-state index in [1.807, 2.05) is 0 Å². The summed E-state index contributed by atoms with van der Waals surface area (Å²) in [5, 5.41) is 11.1. The van der Waals surface area contributed by atoms with Gasteiger partial charge in [-0.1, -0.05) is 11.6 Å². The SMILES string of the molecule is O=C(O)C1CC1C(=O)Nc1ccc(F)c(Cl)c1. The maximum absolute atomic E-state index is 12.9. The van der Waals surface area contributed by atoms with Gasteiger partial charge in [-0.05, 0) is 24.6 Å². The molecular formula is C11H9ClFNO3. The summed E-state index contributed by atoms with van der Waals surface area (Å²) in [7, 11) is 0. The van der Waals surface area contributed by atoms with E-state index in [1.54, 1.807) is 0 Å². The third-order valence-electron chi connectivity index (χ3n) is 2.63. The van der Waals surface area contributed by atoms with Gasteiger partial charge in [0.05, 0.1) is 16.9 Å². The molecule has 90 valence electrons. The summed E-state index contributed by atoms with van der Waals surface area (Å²) in [6.07, 6.45) is 0.343. The summed E-state index contributed by atoms with van der Waals surface area (Å²) in [4.78, 5) is 22.2. The highest BCUT2D eigenvalue weighted by Gasteiger charge is 2.48. The van der Waals surface area contributed by atoms with Crippen LogP contribution < -0.4 is 5.32 Å². The van der Waals surface area contributed by atoms with Crippen LogP contribution in [0.3, 0.4) is 0 Å². The highest BCUT2D eigenvalue weighted by atomic mass is 35.5. The van der Waals surface area contributed by atoms with Crippen molar-refractivity contribution in [1.29, 1.82) is 0 Å². The number of nitrogens with one attached hydrogen (secondary N) is 1. The fourth-order valence-electron chi connectivity index (χ4n) is 1.57. The molecule has 1 fully saturated rings. The first kappa shape index (κ1) is 11.9. The molecule has 0 aliphatic heterocycles. The van der Waals surface area contributed by atoms with Gasteiger partial charge in [-0.3, -0.25) is 9.59 Å². The summed E-state index contributed by atoms with van der Waals surface area (Å²) < 4.78 is 12.9. The zero-order valence-electron chi connectivity index (χ0n) is 8.61. The molecule has 0 aromatic heterocycles. The lowest BCUT2D eigenvalue weighted by Gasteiger charge is -2.05. The Balaban J connectivity index is 2.00. The maximum atomic E-state index is 12.9. The summed E-state index contributed by atoms with van der Waals surface area (Å²) >= 11 is 5.55. The summed E-state index contributed by atoms with van der Waals surface area (Å²) in [6, 6.07) is 3.80. The first-order chi connectivity index (χ1) is 7.99. The highest BCUT2D eigenvalue weighted by Crippen LogP contribution is 2.39. The second-order valence-electron chi connectivity index (χ2n) is 3.91. The van der Waals surface area contributed by atoms with Gasteiger partial charge in [0, 0.05) is 5.69 Å². The lowest BCUT2D eigenvalue weighted by atomic mass is 10.2. The molecule has 1 saturated carbocycles. The summed E-state index contributed by atoms with van der Waals surface area (Å²) in [5.41, 5.74) is 0.359. The number of hydrogen-bond acceptors (Lipinski definition) is 2. The van der Waals surface area contributed by atoms with Crippen LogP contribution in [0.25, 0.3) is 0 Å². The Hall–Kier alpha value is -1.62. The lowest BCUT2D eigenvalue weighted by Crippen LogP contribution is -2.16. The van der Waals surface area contributed by atoms with Gasteiger partial charge in [0.15, 0.2) is 0 Å². The third kappa shape index (κ3) is 2.55. The quantitative estimate of drug-likeness (QED) is 0.872. The van der Waals surface area contributed by atoms with Gasteiger partial charge in [0.1, 0.15) is 5.82 Å². The van der Waals surface area contributed by atoms with Gasteiger partial charge >= 0.3 is 5.97 Å². The zero-order valence-corrected chi connectivity index (χ0v) is 9.37. The van der Waals surface area contributed by atoms with Gasteiger partial charge in [-0.25, -0.2) is 4.39 Å². The number of hydrogen-bond donors (Lipinski definition) is 2. The van der Waals surface area contributed by atoms with Crippen LogP contribution in [0.15, 0.2) is 18.2 Å². The van der Waals surface area contributed by atoms with Gasteiger partial charge < -0.3 is 10.4 Å². The zero-order chi connectivity index (χ0) is 12.6. The molecule has 1 amide bonds. The molecule has 4 nitrogen and oxygen atoms in total. The van der Waals surface area contributed by atoms with Crippen LogP contribution in [0.4, 0.5) is 10.1 Å². The molecule has 0 bridgehead atoms. The van der Waals surface area contributed by atoms with E-state index in [-0.39, 0.29) is 10.9 Å². The maximum Gasteiger partial charge on any atom is 0.307 e. The van der Waals surface area contributed by atoms with Crippen LogP contribution in [-0.4, -0.2) is 17.0 Å². The van der Waals surface area contributed by atoms with Gasteiger partial charge in [-0.2, -0.15) is 0 Å². The third-order valence-corrected chi connectivity index (χ3v) is 2.92. The second-order valence-corrected chi connectivity index (χ2v) is 4.31. The molecule has 2 rings (SSSR count). The van der Waals surface area contributed by atoms with E-state index in [9.17, 15) is 14.0 Å². The van der Waals surface area contributed by atoms with E-state index in [0.717, 1.165) is 6.07 Å². The van der Waals surface area contributed by atoms with E-state index in [4.69, 9.17) is 16.7 Å². The minimum absolute atomic E-state index is 0.0895. The number of aliphatic carboxylic acids is 1. The van der Waals surface area contributed by atoms with Crippen molar-refractivity contribution in [3.63, 3.8) is 0 Å². The van der Waals surface area contributed by atoms with Crippen molar-refractivity contribution < 1.29 is 19.1 Å². The smallest absolute Gasteiger partial charge is 0.307 e. The largest absolute Gasteiger partial charge is 0.481 e. The van der Waals surface area contributed by atoms with Crippen LogP contribution in [0.2, 0.25) is 5.02 Å². The molecule has 0 spiro atoms. The van der Waals surface area contributed by atoms with E-state index < -0.39 is 23.6 Å². The number of halogens is 2. The predicted molar refractivity (Wildman–Crippen MR) is 59.3 cm³/mol. The van der Waals surface area contributed by atoms with Crippen molar-refractivity contribution in [2.24, 2.45) is 11.8 Å². The molecule has 1 aromatic rings. The summed E-state index contributed by atoms with van der Waals surface area (Å²) in [5.74, 6) is -3.02. The van der Waals surface area contributed by atoms with Crippen LogP contribution in [0, 0.1) is 17.7 Å². The average molecular weight is 258 g/mol. The number of rotatable bonds is 3. The molecule has 2 N–H and O–H groups in total. The molecule has 2 unspecified atom stereocenters. The van der Waals surface area contributed by atoms with Crippen molar-refractivity contribution in [2.45, 2.75) is 6.42 Å². The van der Waals surface area contributed by atoms with E-state index in [1.165, 1.54) is 12.1 Å². The highest BCUT2D eigenvalue weighted by molar-refractivity contribution is 6.31.